The number of ether oxygens (including phenoxy) is 1. The Morgan fingerprint density at radius 3 is 2.63 bits per heavy atom. The van der Waals surface area contributed by atoms with Crippen molar-refractivity contribution in [3.05, 3.63) is 42.0 Å². The quantitative estimate of drug-likeness (QED) is 0.795. The van der Waals surface area contributed by atoms with Gasteiger partial charge in [-0.15, -0.1) is 10.2 Å². The van der Waals surface area contributed by atoms with Crippen LogP contribution in [0.15, 0.2) is 30.6 Å². The van der Waals surface area contributed by atoms with E-state index in [2.05, 4.69) is 10.2 Å². The largest absolute Gasteiger partial charge is 0.486 e. The first-order valence-corrected chi connectivity index (χ1v) is 6.19. The van der Waals surface area contributed by atoms with Crippen LogP contribution in [-0.4, -0.2) is 20.5 Å². The summed E-state index contributed by atoms with van der Waals surface area (Å²) in [6.07, 6.45) is 3.00. The zero-order valence-electron chi connectivity index (χ0n) is 11.2. The number of benzene rings is 1. The van der Waals surface area contributed by atoms with Crippen molar-refractivity contribution in [3.8, 4) is 5.75 Å². The van der Waals surface area contributed by atoms with Gasteiger partial charge in [-0.2, -0.15) is 0 Å². The normalized spacial score (nSPS) is 10.4. The monoisotopic (exact) mass is 259 g/mol. The maximum atomic E-state index is 10.9. The summed E-state index contributed by atoms with van der Waals surface area (Å²) in [7, 11) is 1.88. The van der Waals surface area contributed by atoms with E-state index in [4.69, 9.17) is 4.74 Å². The minimum Gasteiger partial charge on any atom is -0.486 e. The number of carbonyl (C=O) groups is 1. The second kappa shape index (κ2) is 6.13. The second-order valence-corrected chi connectivity index (χ2v) is 4.49. The first-order chi connectivity index (χ1) is 9.15. The van der Waals surface area contributed by atoms with Crippen molar-refractivity contribution in [2.75, 3.05) is 0 Å². The minimum atomic E-state index is 0.211. The molecule has 1 aromatic carbocycles. The van der Waals surface area contributed by atoms with E-state index < -0.39 is 0 Å². The highest BCUT2D eigenvalue weighted by atomic mass is 16.5. The van der Waals surface area contributed by atoms with Crippen LogP contribution in [0.3, 0.4) is 0 Å². The Bertz CT molecular complexity index is 546. The molecular formula is C14H17N3O2. The van der Waals surface area contributed by atoms with E-state index in [0.717, 1.165) is 23.6 Å². The summed E-state index contributed by atoms with van der Waals surface area (Å²) in [4.78, 5) is 10.9. The molecule has 0 bridgehead atoms. The van der Waals surface area contributed by atoms with Crippen molar-refractivity contribution in [3.63, 3.8) is 0 Å². The second-order valence-electron chi connectivity index (χ2n) is 4.49. The van der Waals surface area contributed by atoms with Crippen LogP contribution >= 0.6 is 0 Å². The molecule has 0 spiro atoms. The van der Waals surface area contributed by atoms with Gasteiger partial charge in [-0.1, -0.05) is 12.1 Å². The summed E-state index contributed by atoms with van der Waals surface area (Å²) in [6.45, 7) is 2.00. The Morgan fingerprint density at radius 2 is 2.05 bits per heavy atom. The van der Waals surface area contributed by atoms with E-state index in [0.29, 0.717) is 13.0 Å². The van der Waals surface area contributed by atoms with Crippen LogP contribution in [0.2, 0.25) is 0 Å². The van der Waals surface area contributed by atoms with Gasteiger partial charge in [0.25, 0.3) is 0 Å². The molecule has 0 aliphatic rings. The van der Waals surface area contributed by atoms with Crippen LogP contribution in [0.1, 0.15) is 24.7 Å². The van der Waals surface area contributed by atoms with E-state index in [1.165, 1.54) is 0 Å². The number of carbonyl (C=O) groups excluding carboxylic acids is 1. The van der Waals surface area contributed by atoms with E-state index in [-0.39, 0.29) is 5.78 Å². The van der Waals surface area contributed by atoms with Gasteiger partial charge < -0.3 is 14.1 Å². The van der Waals surface area contributed by atoms with Gasteiger partial charge in [-0.25, -0.2) is 0 Å². The maximum absolute atomic E-state index is 10.9. The molecule has 1 aromatic heterocycles. The fourth-order valence-corrected chi connectivity index (χ4v) is 1.66. The fraction of sp³-hybridized carbons (Fsp3) is 0.357. The fourth-order valence-electron chi connectivity index (χ4n) is 1.66. The Hall–Kier alpha value is -2.17. The number of aromatic nitrogens is 3. The van der Waals surface area contributed by atoms with Crippen LogP contribution < -0.4 is 4.74 Å². The maximum Gasteiger partial charge on any atom is 0.170 e. The Labute approximate surface area is 112 Å². The highest BCUT2D eigenvalue weighted by molar-refractivity contribution is 5.75. The average Bonchev–Trinajstić information content (AvgIpc) is 2.81. The molecule has 0 N–H and O–H groups in total. The van der Waals surface area contributed by atoms with Gasteiger partial charge in [0.2, 0.25) is 0 Å². The van der Waals surface area contributed by atoms with Crippen LogP contribution in [0.25, 0.3) is 0 Å². The molecule has 1 heterocycles. The van der Waals surface area contributed by atoms with E-state index in [9.17, 15) is 4.79 Å². The van der Waals surface area contributed by atoms with E-state index in [1.54, 1.807) is 13.3 Å². The van der Waals surface area contributed by atoms with Gasteiger partial charge in [-0.3, -0.25) is 0 Å². The van der Waals surface area contributed by atoms with Crippen molar-refractivity contribution in [2.45, 2.75) is 26.4 Å². The van der Waals surface area contributed by atoms with Gasteiger partial charge in [0.15, 0.2) is 5.82 Å². The van der Waals surface area contributed by atoms with Crippen LogP contribution in [0.5, 0.6) is 5.75 Å². The summed E-state index contributed by atoms with van der Waals surface area (Å²) in [6, 6.07) is 7.78. The van der Waals surface area contributed by atoms with Gasteiger partial charge >= 0.3 is 0 Å². The predicted octanol–water partition coefficient (Wildman–Crippen LogP) is 1.92. The molecule has 0 fully saturated rings. The molecular weight excluding hydrogens is 242 g/mol. The van der Waals surface area contributed by atoms with Crippen molar-refractivity contribution in [1.29, 1.82) is 0 Å². The molecule has 100 valence electrons. The lowest BCUT2D eigenvalue weighted by Crippen LogP contribution is -2.03. The average molecular weight is 259 g/mol. The number of hydrogen-bond acceptors (Lipinski definition) is 4. The smallest absolute Gasteiger partial charge is 0.170 e. The SMILES string of the molecule is CC(=O)CCc1ccc(OCc2nncn2C)cc1. The lowest BCUT2D eigenvalue weighted by molar-refractivity contribution is -0.116. The highest BCUT2D eigenvalue weighted by Crippen LogP contribution is 2.14. The Morgan fingerprint density at radius 1 is 1.32 bits per heavy atom. The molecule has 19 heavy (non-hydrogen) atoms. The number of ketones is 1. The molecule has 0 saturated carbocycles. The zero-order chi connectivity index (χ0) is 13.7. The molecule has 0 atom stereocenters. The van der Waals surface area contributed by atoms with Crippen molar-refractivity contribution in [2.24, 2.45) is 7.05 Å². The molecule has 0 aliphatic heterocycles. The molecule has 0 saturated heterocycles. The summed E-state index contributed by atoms with van der Waals surface area (Å²) in [5.41, 5.74) is 1.14. The van der Waals surface area contributed by atoms with Gasteiger partial charge in [0, 0.05) is 13.5 Å². The van der Waals surface area contributed by atoms with Gasteiger partial charge in [0.1, 0.15) is 24.5 Å². The molecule has 5 nitrogen and oxygen atoms in total. The Kier molecular flexibility index (Phi) is 4.28. The van der Waals surface area contributed by atoms with E-state index >= 15 is 0 Å². The Balaban J connectivity index is 1.88. The number of nitrogens with zero attached hydrogens (tertiary/aromatic N) is 3. The number of rotatable bonds is 6. The first kappa shape index (κ1) is 13.3. The topological polar surface area (TPSA) is 57.0 Å². The molecule has 0 radical (unpaired) electrons. The summed E-state index contributed by atoms with van der Waals surface area (Å²) in [5.74, 6) is 1.78. The third kappa shape index (κ3) is 3.91. The molecule has 0 aliphatic carbocycles. The lowest BCUT2D eigenvalue weighted by atomic mass is 10.1. The lowest BCUT2D eigenvalue weighted by Gasteiger charge is -2.06. The van der Waals surface area contributed by atoms with Crippen molar-refractivity contribution in [1.82, 2.24) is 14.8 Å². The molecule has 2 aromatic rings. The predicted molar refractivity (Wildman–Crippen MR) is 70.8 cm³/mol. The molecule has 0 amide bonds. The molecule has 5 heteroatoms. The standard InChI is InChI=1S/C14H17N3O2/c1-11(18)3-4-12-5-7-13(8-6-12)19-9-14-16-15-10-17(14)2/h5-8,10H,3-4,9H2,1-2H3. The van der Waals surface area contributed by atoms with Gasteiger partial charge in [-0.05, 0) is 31.0 Å². The number of aryl methyl sites for hydroxylation is 2. The first-order valence-electron chi connectivity index (χ1n) is 6.19. The summed E-state index contributed by atoms with van der Waals surface area (Å²) < 4.78 is 7.44. The summed E-state index contributed by atoms with van der Waals surface area (Å²) >= 11 is 0. The van der Waals surface area contributed by atoms with Crippen molar-refractivity contribution >= 4 is 5.78 Å². The number of hydrogen-bond donors (Lipinski definition) is 0. The van der Waals surface area contributed by atoms with Crippen LogP contribution in [0.4, 0.5) is 0 Å². The third-order valence-electron chi connectivity index (χ3n) is 2.86. The van der Waals surface area contributed by atoms with Crippen LogP contribution in [-0.2, 0) is 24.9 Å². The van der Waals surface area contributed by atoms with Crippen LogP contribution in [0, 0.1) is 0 Å². The highest BCUT2D eigenvalue weighted by Gasteiger charge is 2.02. The summed E-state index contributed by atoms with van der Waals surface area (Å²) in [5, 5.41) is 7.74. The molecule has 0 unspecified atom stereocenters. The minimum absolute atomic E-state index is 0.211. The van der Waals surface area contributed by atoms with Gasteiger partial charge in [0.05, 0.1) is 0 Å². The zero-order valence-corrected chi connectivity index (χ0v) is 11.2. The van der Waals surface area contributed by atoms with E-state index in [1.807, 2.05) is 35.9 Å². The number of Topliss-reactive ketones (excluding diaryl/α,β-unsaturated/α-hetero) is 1. The van der Waals surface area contributed by atoms with Crippen molar-refractivity contribution < 1.29 is 9.53 Å². The third-order valence-corrected chi connectivity index (χ3v) is 2.86. The molecule has 2 rings (SSSR count).